The highest BCUT2D eigenvalue weighted by atomic mass is 31.2. The molecule has 3 N–H and O–H groups in total. The van der Waals surface area contributed by atoms with E-state index in [9.17, 15) is 19.4 Å². The van der Waals surface area contributed by atoms with Crippen molar-refractivity contribution in [1.82, 2.24) is 5.32 Å². The number of aliphatic hydroxyl groups is 1. The Labute approximate surface area is 474 Å². The van der Waals surface area contributed by atoms with Crippen molar-refractivity contribution in [3.8, 4) is 0 Å². The minimum absolute atomic E-state index is 0.0411. The first-order chi connectivity index (χ1) is 37.5. The fourth-order valence-corrected chi connectivity index (χ4v) is 8.74. The molecular weight excluding hydrogens is 972 g/mol. The number of carbonyl (C=O) groups excluding carboxylic acids is 1. The third kappa shape index (κ3) is 59.9. The Morgan fingerprint density at radius 3 is 1.19 bits per heavy atom. The van der Waals surface area contributed by atoms with Gasteiger partial charge in [-0.2, -0.15) is 0 Å². The Balaban J connectivity index is 4.34. The largest absolute Gasteiger partial charge is 0.472 e. The van der Waals surface area contributed by atoms with Crippen molar-refractivity contribution >= 4 is 13.7 Å². The van der Waals surface area contributed by atoms with Gasteiger partial charge in [0, 0.05) is 6.42 Å². The number of phosphoric ester groups is 1. The van der Waals surface area contributed by atoms with Gasteiger partial charge in [-0.1, -0.05) is 250 Å². The van der Waals surface area contributed by atoms with Crippen LogP contribution in [0.5, 0.6) is 0 Å². The second kappa shape index (κ2) is 57.1. The van der Waals surface area contributed by atoms with Crippen LogP contribution in [-0.2, 0) is 18.4 Å². The predicted molar refractivity (Wildman–Crippen MR) is 336 cm³/mol. The van der Waals surface area contributed by atoms with Crippen LogP contribution in [0.25, 0.3) is 0 Å². The molecule has 0 saturated heterocycles. The number of unbranched alkanes of at least 4 members (excludes halogenated alkanes) is 19. The molecule has 0 spiro atoms. The number of hydrogen-bond acceptors (Lipinski definition) is 5. The van der Waals surface area contributed by atoms with E-state index in [-0.39, 0.29) is 19.1 Å². The molecule has 1 amide bonds. The maximum atomic E-state index is 13.0. The van der Waals surface area contributed by atoms with E-state index in [1.807, 2.05) is 27.2 Å². The highest BCUT2D eigenvalue weighted by Crippen LogP contribution is 2.43. The average Bonchev–Trinajstić information content (AvgIpc) is 3.39. The minimum atomic E-state index is -4.38. The summed E-state index contributed by atoms with van der Waals surface area (Å²) >= 11 is 0. The number of aliphatic hydroxyl groups excluding tert-OH is 1. The number of nitrogens with one attached hydrogen (secondary N) is 1. The van der Waals surface area contributed by atoms with Gasteiger partial charge in [0.1, 0.15) is 13.2 Å². The van der Waals surface area contributed by atoms with Crippen LogP contribution in [0.2, 0.25) is 0 Å². The Hall–Kier alpha value is -3.62. The number of carbonyl (C=O) groups is 1. The number of amides is 1. The molecule has 3 unspecified atom stereocenters. The summed E-state index contributed by atoms with van der Waals surface area (Å²) in [6.07, 6.45) is 88.2. The zero-order chi connectivity index (χ0) is 56.3. The molecule has 0 aliphatic rings. The van der Waals surface area contributed by atoms with E-state index in [1.165, 1.54) is 83.5 Å². The van der Waals surface area contributed by atoms with Crippen LogP contribution in [-0.4, -0.2) is 73.4 Å². The number of quaternary nitrogens is 1. The zero-order valence-electron chi connectivity index (χ0n) is 49.9. The van der Waals surface area contributed by atoms with Gasteiger partial charge in [-0.25, -0.2) is 4.57 Å². The molecular formula is C68H116N2O6P+. The van der Waals surface area contributed by atoms with Crippen molar-refractivity contribution in [3.63, 3.8) is 0 Å². The molecule has 438 valence electrons. The first-order valence-electron chi connectivity index (χ1n) is 30.7. The fraction of sp³-hybridized carbons (Fsp3) is 0.632. The third-order valence-electron chi connectivity index (χ3n) is 12.8. The summed E-state index contributed by atoms with van der Waals surface area (Å²) < 4.78 is 23.7. The van der Waals surface area contributed by atoms with Gasteiger partial charge in [-0.3, -0.25) is 13.8 Å². The number of phosphoric acid groups is 1. The van der Waals surface area contributed by atoms with E-state index in [1.54, 1.807) is 6.08 Å². The first-order valence-corrected chi connectivity index (χ1v) is 32.2. The summed E-state index contributed by atoms with van der Waals surface area (Å²) in [4.78, 5) is 23.3. The molecule has 0 radical (unpaired) electrons. The molecule has 0 aliphatic heterocycles. The Morgan fingerprint density at radius 2 is 0.792 bits per heavy atom. The number of hydrogen-bond donors (Lipinski definition) is 3. The highest BCUT2D eigenvalue weighted by Gasteiger charge is 2.27. The fourth-order valence-electron chi connectivity index (χ4n) is 8.01. The minimum Gasteiger partial charge on any atom is -0.387 e. The Kier molecular flexibility index (Phi) is 54.4. The van der Waals surface area contributed by atoms with Gasteiger partial charge in [0.25, 0.3) is 0 Å². The van der Waals surface area contributed by atoms with E-state index >= 15 is 0 Å². The first kappa shape index (κ1) is 73.4. The second-order valence-corrected chi connectivity index (χ2v) is 22.8. The van der Waals surface area contributed by atoms with Crippen LogP contribution in [0.1, 0.15) is 226 Å². The molecule has 0 aliphatic carbocycles. The molecule has 3 atom stereocenters. The lowest BCUT2D eigenvalue weighted by Crippen LogP contribution is -2.45. The maximum Gasteiger partial charge on any atom is 0.472 e. The standard InChI is InChI=1S/C68H115N2O6P/c1-6-8-10-12-14-16-18-20-22-24-26-28-30-31-32-33-34-35-36-37-38-39-40-42-44-46-48-50-52-54-56-58-60-62-68(72)69-66(65-76-77(73,74)75-64-63-70(3,4)5)67(71)61-59-57-55-53-51-49-47-45-43-41-29-27-25-23-21-19-17-15-13-11-9-7-2/h8,10,14,16,20,22,26,28,31-32,34-35,37-38,40,42-43,45-46,48,51,53,59,61,66-67,71H,6-7,9,11-13,15,17-19,21,23-25,27,29-30,33,36,39,41,44,47,49-50,52,54-58,60,62-65H2,1-5H3,(H-,69,72,73,74)/p+1/b10-8-,16-14-,22-20-,28-26-,32-31-,35-34-,38-37-,42-40-,45-43+,48-46-,53-51+,61-59+. The number of rotatable bonds is 54. The highest BCUT2D eigenvalue weighted by molar-refractivity contribution is 7.47. The van der Waals surface area contributed by atoms with Crippen LogP contribution < -0.4 is 5.32 Å². The molecule has 0 heterocycles. The van der Waals surface area contributed by atoms with Crippen molar-refractivity contribution < 1.29 is 32.9 Å². The lowest BCUT2D eigenvalue weighted by Gasteiger charge is -2.25. The van der Waals surface area contributed by atoms with Crippen molar-refractivity contribution in [2.75, 3.05) is 40.9 Å². The van der Waals surface area contributed by atoms with E-state index in [0.29, 0.717) is 17.4 Å². The van der Waals surface area contributed by atoms with Gasteiger partial charge in [0.05, 0.1) is 39.9 Å². The van der Waals surface area contributed by atoms with Crippen LogP contribution in [0.4, 0.5) is 0 Å². The molecule has 0 saturated carbocycles. The number of nitrogens with zero attached hydrogens (tertiary/aromatic N) is 1. The van der Waals surface area contributed by atoms with E-state index < -0.39 is 20.0 Å². The van der Waals surface area contributed by atoms with Gasteiger partial charge >= 0.3 is 7.82 Å². The summed E-state index contributed by atoms with van der Waals surface area (Å²) in [7, 11) is 1.51. The van der Waals surface area contributed by atoms with Gasteiger partial charge < -0.3 is 19.8 Å². The summed E-state index contributed by atoms with van der Waals surface area (Å²) in [6, 6.07) is -0.893. The molecule has 0 aromatic rings. The molecule has 9 heteroatoms. The van der Waals surface area contributed by atoms with Gasteiger partial charge in [-0.05, 0) is 116 Å². The second-order valence-electron chi connectivity index (χ2n) is 21.3. The molecule has 0 fully saturated rings. The molecule has 0 aromatic carbocycles. The Morgan fingerprint density at radius 1 is 0.455 bits per heavy atom. The lowest BCUT2D eigenvalue weighted by atomic mass is 10.0. The number of likely N-dealkylation sites (N-methyl/N-ethyl adjacent to an activating group) is 1. The maximum absolute atomic E-state index is 13.0. The van der Waals surface area contributed by atoms with E-state index in [2.05, 4.69) is 153 Å². The van der Waals surface area contributed by atoms with Crippen LogP contribution >= 0.6 is 7.82 Å². The van der Waals surface area contributed by atoms with Gasteiger partial charge in [-0.15, -0.1) is 0 Å². The SMILES string of the molecule is CC/C=C\C/C=C\C/C=C\C/C=C\C/C=C\C/C=C\C/C=C\C/C=C\C/C=C\CCCCCCCC(=O)NC(COP(=O)(O)OCC[N+](C)(C)C)C(O)/C=C/CC/C=C/CC/C=C/CCCCCCCCCCCCCC. The molecule has 0 aromatic heterocycles. The van der Waals surface area contributed by atoms with Gasteiger partial charge in [0.2, 0.25) is 5.91 Å². The summed E-state index contributed by atoms with van der Waals surface area (Å²) in [5.41, 5.74) is 0. The average molecular weight is 1090 g/mol. The van der Waals surface area contributed by atoms with Crippen molar-refractivity contribution in [1.29, 1.82) is 0 Å². The Bertz CT molecular complexity index is 1760. The van der Waals surface area contributed by atoms with Crippen molar-refractivity contribution in [2.24, 2.45) is 0 Å². The topological polar surface area (TPSA) is 105 Å². The quantitative estimate of drug-likeness (QED) is 0.0243. The summed E-state index contributed by atoms with van der Waals surface area (Å²) in [5, 5.41) is 13.9. The smallest absolute Gasteiger partial charge is 0.387 e. The summed E-state index contributed by atoms with van der Waals surface area (Å²) in [6.45, 7) is 4.65. The monoisotopic (exact) mass is 1090 g/mol. The van der Waals surface area contributed by atoms with Crippen LogP contribution in [0.15, 0.2) is 146 Å². The molecule has 77 heavy (non-hydrogen) atoms. The molecule has 0 rings (SSSR count). The van der Waals surface area contributed by atoms with E-state index in [0.717, 1.165) is 122 Å². The molecule has 8 nitrogen and oxygen atoms in total. The summed E-state index contributed by atoms with van der Waals surface area (Å²) in [5.74, 6) is -0.216. The number of allylic oxidation sites excluding steroid dienone is 23. The predicted octanol–water partition coefficient (Wildman–Crippen LogP) is 19.3. The normalized spacial score (nSPS) is 14.8. The van der Waals surface area contributed by atoms with Crippen LogP contribution in [0.3, 0.4) is 0 Å². The van der Waals surface area contributed by atoms with Crippen molar-refractivity contribution in [3.05, 3.63) is 146 Å². The lowest BCUT2D eigenvalue weighted by molar-refractivity contribution is -0.870. The zero-order valence-corrected chi connectivity index (χ0v) is 50.8. The molecule has 0 bridgehead atoms. The van der Waals surface area contributed by atoms with Crippen molar-refractivity contribution in [2.45, 2.75) is 238 Å². The van der Waals surface area contributed by atoms with Gasteiger partial charge in [0.15, 0.2) is 0 Å². The van der Waals surface area contributed by atoms with E-state index in [4.69, 9.17) is 9.05 Å². The van der Waals surface area contributed by atoms with Crippen LogP contribution in [0, 0.1) is 0 Å². The third-order valence-corrected chi connectivity index (χ3v) is 13.8.